The van der Waals surface area contributed by atoms with E-state index in [-0.39, 0.29) is 0 Å². The molecule has 1 rings (SSSR count). The Hall–Kier alpha value is -0.0900. The largest absolute Gasteiger partial charge is 0.316 e. The molecule has 0 aromatic rings. The SMILES string of the molecule is CCCC1(CCCS(C)(=O)=O)CNC1. The standard InChI is InChI=1S/C10H21NO2S/c1-3-5-10(8-11-9-10)6-4-7-14(2,12)13/h11H,3-9H2,1-2H3. The Morgan fingerprint density at radius 1 is 1.29 bits per heavy atom. The monoisotopic (exact) mass is 219 g/mol. The Balaban J connectivity index is 2.28. The van der Waals surface area contributed by atoms with Crippen LogP contribution in [0.4, 0.5) is 0 Å². The van der Waals surface area contributed by atoms with Gasteiger partial charge < -0.3 is 5.32 Å². The van der Waals surface area contributed by atoms with E-state index in [1.54, 1.807) is 0 Å². The summed E-state index contributed by atoms with van der Waals surface area (Å²) in [6.45, 7) is 4.34. The maximum atomic E-state index is 11.0. The van der Waals surface area contributed by atoms with Crippen LogP contribution in [0, 0.1) is 5.41 Å². The number of nitrogens with one attached hydrogen (secondary N) is 1. The molecule has 0 amide bonds. The summed E-state index contributed by atoms with van der Waals surface area (Å²) < 4.78 is 21.9. The van der Waals surface area contributed by atoms with Gasteiger partial charge in [-0.1, -0.05) is 13.3 Å². The van der Waals surface area contributed by atoms with Gasteiger partial charge in [0.05, 0.1) is 0 Å². The third kappa shape index (κ3) is 3.58. The van der Waals surface area contributed by atoms with E-state index in [4.69, 9.17) is 0 Å². The molecule has 1 N–H and O–H groups in total. The fourth-order valence-electron chi connectivity index (χ4n) is 2.20. The minimum atomic E-state index is -2.77. The zero-order valence-electron chi connectivity index (χ0n) is 9.17. The van der Waals surface area contributed by atoms with Crippen molar-refractivity contribution < 1.29 is 8.42 Å². The summed E-state index contributed by atoms with van der Waals surface area (Å²) >= 11 is 0. The molecule has 0 unspecified atom stereocenters. The topological polar surface area (TPSA) is 46.2 Å². The molecule has 1 fully saturated rings. The molecule has 1 heterocycles. The third-order valence-corrected chi connectivity index (χ3v) is 4.03. The molecule has 0 saturated carbocycles. The summed E-state index contributed by atoms with van der Waals surface area (Å²) in [5.41, 5.74) is 0.416. The van der Waals surface area contributed by atoms with Gasteiger partial charge in [-0.25, -0.2) is 8.42 Å². The highest BCUT2D eigenvalue weighted by molar-refractivity contribution is 7.90. The number of hydrogen-bond acceptors (Lipinski definition) is 3. The van der Waals surface area contributed by atoms with Gasteiger partial charge in [-0.05, 0) is 24.7 Å². The van der Waals surface area contributed by atoms with Crippen LogP contribution >= 0.6 is 0 Å². The minimum absolute atomic E-state index is 0.346. The molecular weight excluding hydrogens is 198 g/mol. The van der Waals surface area contributed by atoms with Crippen LogP contribution in [0.1, 0.15) is 32.6 Å². The van der Waals surface area contributed by atoms with Gasteiger partial charge >= 0.3 is 0 Å². The van der Waals surface area contributed by atoms with Crippen LogP contribution in [0.3, 0.4) is 0 Å². The van der Waals surface area contributed by atoms with Crippen molar-refractivity contribution >= 4 is 9.84 Å². The highest BCUT2D eigenvalue weighted by atomic mass is 32.2. The second kappa shape index (κ2) is 4.62. The van der Waals surface area contributed by atoms with E-state index in [2.05, 4.69) is 12.2 Å². The van der Waals surface area contributed by atoms with Crippen LogP contribution in [0.2, 0.25) is 0 Å². The normalized spacial score (nSPS) is 20.4. The zero-order chi connectivity index (χ0) is 10.7. The van der Waals surface area contributed by atoms with Crippen molar-refractivity contribution in [1.82, 2.24) is 5.32 Å². The third-order valence-electron chi connectivity index (χ3n) is 3.00. The van der Waals surface area contributed by atoms with E-state index in [9.17, 15) is 8.42 Å². The van der Waals surface area contributed by atoms with Crippen molar-refractivity contribution in [2.24, 2.45) is 5.41 Å². The Kier molecular flexibility index (Phi) is 3.95. The van der Waals surface area contributed by atoms with Gasteiger partial charge in [-0.3, -0.25) is 0 Å². The van der Waals surface area contributed by atoms with Gasteiger partial charge in [-0.15, -0.1) is 0 Å². The van der Waals surface area contributed by atoms with Crippen LogP contribution < -0.4 is 5.32 Å². The molecular formula is C10H21NO2S. The first-order valence-corrected chi connectivity index (χ1v) is 7.42. The van der Waals surface area contributed by atoms with Gasteiger partial charge in [0.15, 0.2) is 0 Å². The number of rotatable bonds is 6. The lowest BCUT2D eigenvalue weighted by molar-refractivity contribution is 0.136. The van der Waals surface area contributed by atoms with E-state index in [1.165, 1.54) is 19.1 Å². The molecule has 1 aliphatic heterocycles. The number of hydrogen-bond donors (Lipinski definition) is 1. The highest BCUT2D eigenvalue weighted by Gasteiger charge is 2.35. The molecule has 0 radical (unpaired) electrons. The minimum Gasteiger partial charge on any atom is -0.316 e. The Labute approximate surface area is 87.2 Å². The average Bonchev–Trinajstić information content (AvgIpc) is 1.97. The second-order valence-electron chi connectivity index (χ2n) is 4.59. The van der Waals surface area contributed by atoms with Gasteiger partial charge in [0.1, 0.15) is 9.84 Å². The molecule has 0 aromatic carbocycles. The first kappa shape index (κ1) is 12.0. The zero-order valence-corrected chi connectivity index (χ0v) is 9.99. The molecule has 0 aromatic heterocycles. The van der Waals surface area contributed by atoms with Crippen molar-refractivity contribution in [3.05, 3.63) is 0 Å². The van der Waals surface area contributed by atoms with Crippen LogP contribution in [0.5, 0.6) is 0 Å². The maximum Gasteiger partial charge on any atom is 0.147 e. The summed E-state index contributed by atoms with van der Waals surface area (Å²) in [6, 6.07) is 0. The molecule has 84 valence electrons. The van der Waals surface area contributed by atoms with Crippen molar-refractivity contribution in [3.63, 3.8) is 0 Å². The summed E-state index contributed by atoms with van der Waals surface area (Å²) in [6.07, 6.45) is 5.62. The summed E-state index contributed by atoms with van der Waals surface area (Å²) in [4.78, 5) is 0. The maximum absolute atomic E-state index is 11.0. The van der Waals surface area contributed by atoms with Crippen molar-refractivity contribution in [1.29, 1.82) is 0 Å². The lowest BCUT2D eigenvalue weighted by atomic mass is 9.74. The van der Waals surface area contributed by atoms with Crippen LogP contribution in [-0.4, -0.2) is 33.5 Å². The van der Waals surface area contributed by atoms with E-state index in [0.29, 0.717) is 11.2 Å². The molecule has 1 aliphatic rings. The predicted molar refractivity (Wildman–Crippen MR) is 59.2 cm³/mol. The lowest BCUT2D eigenvalue weighted by Crippen LogP contribution is -2.53. The molecule has 14 heavy (non-hydrogen) atoms. The molecule has 0 spiro atoms. The summed E-state index contributed by atoms with van der Waals surface area (Å²) in [7, 11) is -2.77. The molecule has 4 heteroatoms. The van der Waals surface area contributed by atoms with Crippen molar-refractivity contribution in [2.75, 3.05) is 25.1 Å². The molecule has 0 bridgehead atoms. The molecule has 3 nitrogen and oxygen atoms in total. The Morgan fingerprint density at radius 3 is 2.29 bits per heavy atom. The highest BCUT2D eigenvalue weighted by Crippen LogP contribution is 2.33. The van der Waals surface area contributed by atoms with Crippen LogP contribution in [-0.2, 0) is 9.84 Å². The first-order chi connectivity index (χ1) is 6.47. The predicted octanol–water partition coefficient (Wildman–Crippen LogP) is 1.20. The molecule has 0 aliphatic carbocycles. The fourth-order valence-corrected chi connectivity index (χ4v) is 2.87. The van der Waals surface area contributed by atoms with E-state index >= 15 is 0 Å². The van der Waals surface area contributed by atoms with Gasteiger partial charge in [0.25, 0.3) is 0 Å². The van der Waals surface area contributed by atoms with Gasteiger partial charge in [0, 0.05) is 25.1 Å². The van der Waals surface area contributed by atoms with E-state index < -0.39 is 9.84 Å². The molecule has 1 saturated heterocycles. The average molecular weight is 219 g/mol. The van der Waals surface area contributed by atoms with Crippen molar-refractivity contribution in [2.45, 2.75) is 32.6 Å². The van der Waals surface area contributed by atoms with Gasteiger partial charge in [0.2, 0.25) is 0 Å². The lowest BCUT2D eigenvalue weighted by Gasteiger charge is -2.43. The summed E-state index contributed by atoms with van der Waals surface area (Å²) in [5.74, 6) is 0.346. The first-order valence-electron chi connectivity index (χ1n) is 5.36. The smallest absolute Gasteiger partial charge is 0.147 e. The quantitative estimate of drug-likeness (QED) is 0.730. The molecule has 0 atom stereocenters. The van der Waals surface area contributed by atoms with Crippen LogP contribution in [0.25, 0.3) is 0 Å². The fraction of sp³-hybridized carbons (Fsp3) is 1.00. The van der Waals surface area contributed by atoms with Crippen molar-refractivity contribution in [3.8, 4) is 0 Å². The Bertz CT molecular complexity index is 268. The summed E-state index contributed by atoms with van der Waals surface area (Å²) in [5, 5.41) is 3.29. The second-order valence-corrected chi connectivity index (χ2v) is 6.85. The van der Waals surface area contributed by atoms with E-state index in [0.717, 1.165) is 25.9 Å². The van der Waals surface area contributed by atoms with E-state index in [1.807, 2.05) is 0 Å². The Morgan fingerprint density at radius 2 is 1.93 bits per heavy atom. The van der Waals surface area contributed by atoms with Gasteiger partial charge in [-0.2, -0.15) is 0 Å². The number of sulfone groups is 1. The van der Waals surface area contributed by atoms with Crippen LogP contribution in [0.15, 0.2) is 0 Å².